The van der Waals surface area contributed by atoms with Gasteiger partial charge in [0.1, 0.15) is 17.5 Å². The second-order valence-corrected chi connectivity index (χ2v) is 10.3. The molecule has 37 heavy (non-hydrogen) atoms. The number of rotatable bonds is 7. The van der Waals surface area contributed by atoms with E-state index in [0.29, 0.717) is 16.7 Å². The van der Waals surface area contributed by atoms with E-state index in [2.05, 4.69) is 10.6 Å². The Morgan fingerprint density at radius 2 is 1.73 bits per heavy atom. The van der Waals surface area contributed by atoms with E-state index in [1.54, 1.807) is 25.1 Å². The summed E-state index contributed by atoms with van der Waals surface area (Å²) < 4.78 is 34.2. The standard InChI is InChI=1S/C20H23N5O9S2.Na/c1-3-23-9-10-24(18(30)17(23)29)20(31)22-13(12-7-5-4-6-8-12)15(27)21-14-16(28)25(36(32,33)34)19(14)35-11(2)26;/h4-8,13-14,19H,3,9-10H2,1-2H3,(H,21,27)(H,22,31)(H,32,33,34);/q;+1/p-1/t13-,14-,19-;/m1./s1. The van der Waals surface area contributed by atoms with Crippen LogP contribution in [0.5, 0.6) is 0 Å². The second kappa shape index (κ2) is 12.4. The van der Waals surface area contributed by atoms with Crippen molar-refractivity contribution in [3.63, 3.8) is 0 Å². The summed E-state index contributed by atoms with van der Waals surface area (Å²) in [6, 6.07) is 3.66. The van der Waals surface area contributed by atoms with Gasteiger partial charge in [-0.3, -0.25) is 28.9 Å². The number of thioether (sulfide) groups is 1. The molecule has 0 aromatic heterocycles. The molecule has 3 rings (SSSR count). The predicted octanol–water partition coefficient (Wildman–Crippen LogP) is -4.47. The van der Waals surface area contributed by atoms with Crippen molar-refractivity contribution in [1.82, 2.24) is 24.7 Å². The summed E-state index contributed by atoms with van der Waals surface area (Å²) in [5.74, 6) is -4.17. The molecule has 0 radical (unpaired) electrons. The van der Waals surface area contributed by atoms with Crippen LogP contribution in [0.25, 0.3) is 0 Å². The molecule has 2 saturated heterocycles. The average Bonchev–Trinajstić information content (AvgIpc) is 2.81. The molecule has 2 N–H and O–H groups in total. The number of urea groups is 1. The SMILES string of the molecule is CCN1CCN(C(=O)N[C@@H](C(=O)N[C@@H]2C(=O)N(S(=O)(=O)[O-])[C@@H]2SC(C)=O)c2ccccc2)C(=O)C1=O.[Na+]. The molecule has 0 spiro atoms. The van der Waals surface area contributed by atoms with Crippen molar-refractivity contribution in [3.8, 4) is 0 Å². The predicted molar refractivity (Wildman–Crippen MR) is 122 cm³/mol. The summed E-state index contributed by atoms with van der Waals surface area (Å²) in [6.45, 7) is 3.04. The van der Waals surface area contributed by atoms with E-state index in [1.165, 1.54) is 17.0 Å². The largest absolute Gasteiger partial charge is 1.00 e. The topological polar surface area (TPSA) is 193 Å². The van der Waals surface area contributed by atoms with Gasteiger partial charge in [-0.05, 0) is 12.5 Å². The number of β-lactam (4-membered cyclic amide) rings is 1. The maximum atomic E-state index is 13.1. The number of piperazine rings is 1. The van der Waals surface area contributed by atoms with E-state index >= 15 is 0 Å². The quantitative estimate of drug-likeness (QED) is 0.141. The third-order valence-corrected chi connectivity index (χ3v) is 7.50. The van der Waals surface area contributed by atoms with Crippen LogP contribution in [0.15, 0.2) is 30.3 Å². The van der Waals surface area contributed by atoms with Crippen molar-refractivity contribution >= 4 is 56.8 Å². The first-order chi connectivity index (χ1) is 16.9. The van der Waals surface area contributed by atoms with Gasteiger partial charge in [-0.25, -0.2) is 17.5 Å². The molecule has 1 aromatic rings. The number of nitrogens with one attached hydrogen (secondary N) is 2. The molecule has 1 aromatic carbocycles. The molecule has 2 aliphatic heterocycles. The number of hydrogen-bond donors (Lipinski definition) is 2. The van der Waals surface area contributed by atoms with E-state index < -0.39 is 62.5 Å². The van der Waals surface area contributed by atoms with Crippen molar-refractivity contribution in [2.24, 2.45) is 0 Å². The van der Waals surface area contributed by atoms with Crippen LogP contribution in [0.3, 0.4) is 0 Å². The van der Waals surface area contributed by atoms with Crippen LogP contribution in [-0.2, 0) is 34.3 Å². The molecule has 2 fully saturated rings. The molecule has 3 atom stereocenters. The van der Waals surface area contributed by atoms with Gasteiger partial charge in [-0.1, -0.05) is 42.1 Å². The van der Waals surface area contributed by atoms with Crippen LogP contribution >= 0.6 is 11.8 Å². The van der Waals surface area contributed by atoms with E-state index in [0.717, 1.165) is 6.92 Å². The molecule has 0 saturated carbocycles. The molecule has 6 amide bonds. The minimum atomic E-state index is -5.24. The van der Waals surface area contributed by atoms with Gasteiger partial charge in [0.05, 0.1) is 0 Å². The first-order valence-corrected chi connectivity index (χ1v) is 12.8. The monoisotopic (exact) mass is 563 g/mol. The van der Waals surface area contributed by atoms with Gasteiger partial charge >= 0.3 is 47.4 Å². The van der Waals surface area contributed by atoms with E-state index in [1.807, 2.05) is 0 Å². The third kappa shape index (κ3) is 6.69. The number of carbonyl (C=O) groups is 6. The minimum absolute atomic E-state index is 0. The fourth-order valence-electron chi connectivity index (χ4n) is 3.65. The van der Waals surface area contributed by atoms with Crippen LogP contribution < -0.4 is 40.2 Å². The van der Waals surface area contributed by atoms with Crippen LogP contribution in [0.1, 0.15) is 25.5 Å². The van der Waals surface area contributed by atoms with Crippen LogP contribution in [0.4, 0.5) is 4.79 Å². The second-order valence-electron chi connectivity index (χ2n) is 7.71. The molecule has 0 unspecified atom stereocenters. The van der Waals surface area contributed by atoms with Gasteiger partial charge in [0.15, 0.2) is 15.4 Å². The van der Waals surface area contributed by atoms with E-state index in [-0.39, 0.29) is 59.1 Å². The minimum Gasteiger partial charge on any atom is -0.731 e. The zero-order chi connectivity index (χ0) is 26.8. The summed E-state index contributed by atoms with van der Waals surface area (Å²) >= 11 is 0.367. The number of imide groups is 1. The van der Waals surface area contributed by atoms with Crippen molar-refractivity contribution < 1.29 is 71.3 Å². The van der Waals surface area contributed by atoms with Crippen molar-refractivity contribution in [2.45, 2.75) is 31.3 Å². The van der Waals surface area contributed by atoms with Gasteiger partial charge in [0.2, 0.25) is 5.91 Å². The number of amides is 6. The van der Waals surface area contributed by atoms with Gasteiger partial charge in [0.25, 0.3) is 5.91 Å². The van der Waals surface area contributed by atoms with Gasteiger partial charge < -0.3 is 20.1 Å². The molecule has 0 aliphatic carbocycles. The molecular weight excluding hydrogens is 541 g/mol. The fraction of sp³-hybridized carbons (Fsp3) is 0.400. The zero-order valence-corrected chi connectivity index (χ0v) is 23.7. The Kier molecular flexibility index (Phi) is 10.3. The van der Waals surface area contributed by atoms with Crippen LogP contribution in [-0.4, -0.2) is 92.9 Å². The summed E-state index contributed by atoms with van der Waals surface area (Å²) in [4.78, 5) is 76.3. The first kappa shape index (κ1) is 30.7. The number of carbonyl (C=O) groups excluding carboxylic acids is 6. The molecule has 2 heterocycles. The number of likely N-dealkylation sites (N-methyl/N-ethyl adjacent to an activating group) is 1. The summed E-state index contributed by atoms with van der Waals surface area (Å²) in [7, 11) is -5.24. The average molecular weight is 564 g/mol. The van der Waals surface area contributed by atoms with Crippen LogP contribution in [0.2, 0.25) is 0 Å². The number of benzene rings is 1. The molecule has 14 nitrogen and oxygen atoms in total. The Balaban J connectivity index is 0.00000481. The first-order valence-electron chi connectivity index (χ1n) is 10.6. The molecule has 0 bridgehead atoms. The number of nitrogens with zero attached hydrogens (tertiary/aromatic N) is 3. The Hall–Kier alpha value is -2.50. The smallest absolute Gasteiger partial charge is 0.731 e. The fourth-order valence-corrected chi connectivity index (χ4v) is 5.66. The van der Waals surface area contributed by atoms with Crippen molar-refractivity contribution in [1.29, 1.82) is 0 Å². The number of hydrogen-bond acceptors (Lipinski definition) is 10. The van der Waals surface area contributed by atoms with Crippen LogP contribution in [0, 0.1) is 0 Å². The maximum absolute atomic E-state index is 13.1. The Bertz CT molecular complexity index is 1210. The zero-order valence-electron chi connectivity index (χ0n) is 20.1. The molecule has 194 valence electrons. The van der Waals surface area contributed by atoms with Gasteiger partial charge in [-0.2, -0.15) is 0 Å². The normalized spacial score (nSPS) is 20.5. The van der Waals surface area contributed by atoms with E-state index in [9.17, 15) is 41.7 Å². The molecule has 2 aliphatic rings. The Labute approximate surface area is 238 Å². The summed E-state index contributed by atoms with van der Waals surface area (Å²) in [6.07, 6.45) is 0. The van der Waals surface area contributed by atoms with Crippen molar-refractivity contribution in [2.75, 3.05) is 19.6 Å². The van der Waals surface area contributed by atoms with Crippen molar-refractivity contribution in [3.05, 3.63) is 35.9 Å². The Morgan fingerprint density at radius 1 is 1.11 bits per heavy atom. The summed E-state index contributed by atoms with van der Waals surface area (Å²) in [5.41, 5.74) is 0.241. The van der Waals surface area contributed by atoms with Gasteiger partial charge in [0, 0.05) is 26.6 Å². The Morgan fingerprint density at radius 3 is 2.27 bits per heavy atom. The maximum Gasteiger partial charge on any atom is 1.00 e. The molecular formula is C20H22N5NaO9S2. The van der Waals surface area contributed by atoms with E-state index in [4.69, 9.17) is 0 Å². The third-order valence-electron chi connectivity index (χ3n) is 5.42. The van der Waals surface area contributed by atoms with Gasteiger partial charge in [-0.15, -0.1) is 0 Å². The summed E-state index contributed by atoms with van der Waals surface area (Å²) in [5, 5.41) is 2.51. The molecule has 17 heteroatoms.